The molecule has 0 aromatic heterocycles. The molecule has 0 aliphatic rings. The van der Waals surface area contributed by atoms with E-state index < -0.39 is 30.4 Å². The zero-order valence-corrected chi connectivity index (χ0v) is 12.2. The van der Waals surface area contributed by atoms with Gasteiger partial charge in [-0.2, -0.15) is 26.3 Å². The topological polar surface area (TPSA) is 38.0 Å². The molecule has 1 unspecified atom stereocenters. The van der Waals surface area contributed by atoms with E-state index in [1.54, 1.807) is 0 Å². The van der Waals surface area contributed by atoms with Gasteiger partial charge in [-0.15, -0.1) is 0 Å². The van der Waals surface area contributed by atoms with Gasteiger partial charge in [0.25, 0.3) is 0 Å². The van der Waals surface area contributed by atoms with Gasteiger partial charge in [0.05, 0.1) is 5.56 Å². The quantitative estimate of drug-likeness (QED) is 0.442. The Hall–Kier alpha value is -0.800. The average Bonchev–Trinajstić information content (AvgIpc) is 2.33. The zero-order chi connectivity index (χ0) is 16.3. The van der Waals surface area contributed by atoms with E-state index in [0.29, 0.717) is 0 Å². The third-order valence-corrected chi connectivity index (χ3v) is 3.34. The van der Waals surface area contributed by atoms with Crippen molar-refractivity contribution in [3.8, 4) is 0 Å². The zero-order valence-electron chi connectivity index (χ0n) is 10.7. The Morgan fingerprint density at radius 3 is 2.24 bits per heavy atom. The van der Waals surface area contributed by atoms with Crippen LogP contribution in [0.15, 0.2) is 22.7 Å². The van der Waals surface area contributed by atoms with Crippen LogP contribution in [0, 0.1) is 0 Å². The SMILES string of the molecule is NNC(CCCC(F)(F)F)c1ccc(Br)cc1C(F)(F)F. The van der Waals surface area contributed by atoms with Gasteiger partial charge in [0.15, 0.2) is 0 Å². The molecule has 0 radical (unpaired) electrons. The normalized spacial score (nSPS) is 14.3. The van der Waals surface area contributed by atoms with Gasteiger partial charge in [0.1, 0.15) is 0 Å². The first-order chi connectivity index (χ1) is 9.54. The number of nitrogens with two attached hydrogens (primary N) is 1. The van der Waals surface area contributed by atoms with Crippen LogP contribution < -0.4 is 11.3 Å². The molecule has 3 N–H and O–H groups in total. The third kappa shape index (κ3) is 5.84. The summed E-state index contributed by atoms with van der Waals surface area (Å²) in [4.78, 5) is 0. The van der Waals surface area contributed by atoms with Gasteiger partial charge >= 0.3 is 12.4 Å². The summed E-state index contributed by atoms with van der Waals surface area (Å²) < 4.78 is 75.4. The Bertz CT molecular complexity index is 472. The molecule has 0 aliphatic heterocycles. The largest absolute Gasteiger partial charge is 0.416 e. The highest BCUT2D eigenvalue weighted by atomic mass is 79.9. The van der Waals surface area contributed by atoms with E-state index in [1.165, 1.54) is 12.1 Å². The monoisotopic (exact) mass is 378 g/mol. The molecule has 21 heavy (non-hydrogen) atoms. The molecular formula is C12H13BrF6N2. The molecule has 0 fully saturated rings. The van der Waals surface area contributed by atoms with Crippen molar-refractivity contribution in [1.29, 1.82) is 0 Å². The molecule has 0 bridgehead atoms. The van der Waals surface area contributed by atoms with Crippen molar-refractivity contribution in [1.82, 2.24) is 5.43 Å². The summed E-state index contributed by atoms with van der Waals surface area (Å²) in [6.45, 7) is 0. The van der Waals surface area contributed by atoms with Crippen LogP contribution in [0.1, 0.15) is 36.4 Å². The maximum Gasteiger partial charge on any atom is 0.416 e. The predicted molar refractivity (Wildman–Crippen MR) is 69.1 cm³/mol. The first-order valence-electron chi connectivity index (χ1n) is 5.94. The van der Waals surface area contributed by atoms with Crippen LogP contribution in [0.2, 0.25) is 0 Å². The van der Waals surface area contributed by atoms with E-state index in [2.05, 4.69) is 21.4 Å². The molecule has 0 saturated carbocycles. The van der Waals surface area contributed by atoms with E-state index in [0.717, 1.165) is 6.07 Å². The molecule has 0 aliphatic carbocycles. The lowest BCUT2D eigenvalue weighted by Crippen LogP contribution is -2.30. The highest BCUT2D eigenvalue weighted by Crippen LogP contribution is 2.37. The fraction of sp³-hybridized carbons (Fsp3) is 0.500. The van der Waals surface area contributed by atoms with Gasteiger partial charge in [-0.25, -0.2) is 0 Å². The summed E-state index contributed by atoms with van der Waals surface area (Å²) in [6, 6.07) is 2.46. The van der Waals surface area contributed by atoms with E-state index in [4.69, 9.17) is 5.84 Å². The fourth-order valence-electron chi connectivity index (χ4n) is 1.91. The molecule has 120 valence electrons. The minimum atomic E-state index is -4.61. The van der Waals surface area contributed by atoms with E-state index in [-0.39, 0.29) is 22.9 Å². The van der Waals surface area contributed by atoms with Crippen LogP contribution in [-0.2, 0) is 6.18 Å². The van der Waals surface area contributed by atoms with Gasteiger partial charge in [-0.3, -0.25) is 11.3 Å². The summed E-state index contributed by atoms with van der Waals surface area (Å²) in [7, 11) is 0. The Morgan fingerprint density at radius 2 is 1.76 bits per heavy atom. The summed E-state index contributed by atoms with van der Waals surface area (Å²) in [6.07, 6.45) is -10.5. The Morgan fingerprint density at radius 1 is 1.14 bits per heavy atom. The Labute approximate surface area is 125 Å². The summed E-state index contributed by atoms with van der Waals surface area (Å²) in [5, 5.41) is 0. The van der Waals surface area contributed by atoms with E-state index >= 15 is 0 Å². The van der Waals surface area contributed by atoms with Crippen LogP contribution in [0.25, 0.3) is 0 Å². The number of hydrogen-bond donors (Lipinski definition) is 2. The number of rotatable bonds is 5. The minimum absolute atomic E-state index is 0.152. The van der Waals surface area contributed by atoms with Crippen molar-refractivity contribution in [3.63, 3.8) is 0 Å². The summed E-state index contributed by atoms with van der Waals surface area (Å²) in [5.41, 5.74) is 1.06. The Balaban J connectivity index is 2.95. The third-order valence-electron chi connectivity index (χ3n) is 2.85. The van der Waals surface area contributed by atoms with Crippen molar-refractivity contribution >= 4 is 15.9 Å². The van der Waals surface area contributed by atoms with Crippen molar-refractivity contribution in [2.45, 2.75) is 37.7 Å². The second-order valence-corrected chi connectivity index (χ2v) is 5.37. The van der Waals surface area contributed by atoms with Crippen molar-refractivity contribution in [2.24, 2.45) is 5.84 Å². The number of hydrazine groups is 1. The maximum atomic E-state index is 13.0. The highest BCUT2D eigenvalue weighted by Gasteiger charge is 2.35. The van der Waals surface area contributed by atoms with Crippen LogP contribution in [0.5, 0.6) is 0 Å². The molecule has 2 nitrogen and oxygen atoms in total. The molecule has 0 spiro atoms. The number of halogens is 7. The first kappa shape index (κ1) is 18.2. The maximum absolute atomic E-state index is 13.0. The second kappa shape index (κ2) is 6.97. The smallest absolute Gasteiger partial charge is 0.271 e. The van der Waals surface area contributed by atoms with Gasteiger partial charge in [0, 0.05) is 16.9 Å². The molecule has 0 amide bonds. The van der Waals surface area contributed by atoms with Crippen molar-refractivity contribution in [3.05, 3.63) is 33.8 Å². The minimum Gasteiger partial charge on any atom is -0.271 e. The van der Waals surface area contributed by atoms with Gasteiger partial charge < -0.3 is 0 Å². The van der Waals surface area contributed by atoms with Gasteiger partial charge in [0.2, 0.25) is 0 Å². The highest BCUT2D eigenvalue weighted by molar-refractivity contribution is 9.10. The standard InChI is InChI=1S/C12H13BrF6N2/c13-7-3-4-8(9(6-7)12(17,18)19)10(21-20)2-1-5-11(14,15)16/h3-4,6,10,21H,1-2,5,20H2. The summed E-state index contributed by atoms with van der Waals surface area (Å²) >= 11 is 2.94. The number of hydrogen-bond acceptors (Lipinski definition) is 2. The lowest BCUT2D eigenvalue weighted by molar-refractivity contribution is -0.139. The van der Waals surface area contributed by atoms with E-state index in [9.17, 15) is 26.3 Å². The molecule has 1 aromatic rings. The molecular weight excluding hydrogens is 366 g/mol. The molecule has 9 heteroatoms. The lowest BCUT2D eigenvalue weighted by Gasteiger charge is -2.21. The number of benzene rings is 1. The lowest BCUT2D eigenvalue weighted by atomic mass is 9.96. The second-order valence-electron chi connectivity index (χ2n) is 4.46. The molecule has 0 heterocycles. The average molecular weight is 379 g/mol. The number of alkyl halides is 6. The molecule has 0 saturated heterocycles. The van der Waals surface area contributed by atoms with Gasteiger partial charge in [-0.05, 0) is 30.5 Å². The van der Waals surface area contributed by atoms with Crippen LogP contribution >= 0.6 is 15.9 Å². The van der Waals surface area contributed by atoms with Crippen LogP contribution in [0.3, 0.4) is 0 Å². The Kier molecular flexibility index (Phi) is 6.06. The van der Waals surface area contributed by atoms with Crippen molar-refractivity contribution < 1.29 is 26.3 Å². The van der Waals surface area contributed by atoms with Gasteiger partial charge in [-0.1, -0.05) is 22.0 Å². The fourth-order valence-corrected chi connectivity index (χ4v) is 2.27. The van der Waals surface area contributed by atoms with Crippen molar-refractivity contribution in [2.75, 3.05) is 0 Å². The molecule has 1 aromatic carbocycles. The number of nitrogens with one attached hydrogen (secondary N) is 1. The summed E-state index contributed by atoms with van der Waals surface area (Å²) in [5.74, 6) is 5.19. The van der Waals surface area contributed by atoms with Crippen LogP contribution in [-0.4, -0.2) is 6.18 Å². The molecule has 1 rings (SSSR count). The first-order valence-corrected chi connectivity index (χ1v) is 6.73. The predicted octanol–water partition coefficient (Wildman–Crippen LogP) is 4.70. The molecule has 1 atom stereocenters. The van der Waals surface area contributed by atoms with E-state index in [1.807, 2.05) is 0 Å². The van der Waals surface area contributed by atoms with Crippen LogP contribution in [0.4, 0.5) is 26.3 Å².